The molecule has 1 aliphatic rings. The molecule has 9 heteroatoms. The molecule has 1 aromatic carbocycles. The van der Waals surface area contributed by atoms with E-state index in [-0.39, 0.29) is 12.1 Å². The van der Waals surface area contributed by atoms with Crippen molar-refractivity contribution in [1.29, 1.82) is 0 Å². The molecule has 0 bridgehead atoms. The Morgan fingerprint density at radius 3 is 2.97 bits per heavy atom. The molecular weight excluding hydrogens is 378 g/mol. The highest BCUT2D eigenvalue weighted by molar-refractivity contribution is 5.80. The summed E-state index contributed by atoms with van der Waals surface area (Å²) < 4.78 is 34.4. The average molecular weight is 406 g/mol. The van der Waals surface area contributed by atoms with Crippen LogP contribution in [0.25, 0.3) is 0 Å². The summed E-state index contributed by atoms with van der Waals surface area (Å²) in [7, 11) is 0. The van der Waals surface area contributed by atoms with Crippen LogP contribution in [0.5, 0.6) is 0 Å². The van der Waals surface area contributed by atoms with Crippen molar-refractivity contribution in [1.82, 2.24) is 25.4 Å². The van der Waals surface area contributed by atoms with E-state index in [1.807, 2.05) is 18.4 Å². The Morgan fingerprint density at radius 2 is 2.24 bits per heavy atom. The lowest BCUT2D eigenvalue weighted by molar-refractivity contribution is 0.117. The minimum absolute atomic E-state index is 0.122. The second kappa shape index (κ2) is 10.3. The molecule has 0 saturated carbocycles. The van der Waals surface area contributed by atoms with E-state index in [1.54, 1.807) is 12.4 Å². The monoisotopic (exact) mass is 406 g/mol. The smallest absolute Gasteiger partial charge is 0.191 e. The largest absolute Gasteiger partial charge is 0.376 e. The van der Waals surface area contributed by atoms with E-state index in [9.17, 15) is 8.78 Å². The molecular formula is C20H28F2N6O. The minimum Gasteiger partial charge on any atom is -0.376 e. The van der Waals surface area contributed by atoms with Gasteiger partial charge in [0.15, 0.2) is 17.6 Å². The van der Waals surface area contributed by atoms with Crippen molar-refractivity contribution in [3.8, 4) is 0 Å². The van der Waals surface area contributed by atoms with Gasteiger partial charge in [-0.05, 0) is 37.5 Å². The van der Waals surface area contributed by atoms with Crippen LogP contribution in [0.3, 0.4) is 0 Å². The number of halogens is 2. The number of hydrogen-bond acceptors (Lipinski definition) is 4. The van der Waals surface area contributed by atoms with Crippen molar-refractivity contribution in [2.45, 2.75) is 51.8 Å². The first-order valence-corrected chi connectivity index (χ1v) is 10.0. The minimum atomic E-state index is -0.860. The van der Waals surface area contributed by atoms with Crippen molar-refractivity contribution >= 4 is 5.96 Å². The van der Waals surface area contributed by atoms with Crippen LogP contribution in [0.15, 0.2) is 29.5 Å². The fourth-order valence-electron chi connectivity index (χ4n) is 3.24. The number of aryl methyl sites for hydroxylation is 1. The Labute approximate surface area is 169 Å². The zero-order valence-corrected chi connectivity index (χ0v) is 16.9. The number of aromatic nitrogens is 3. The normalized spacial score (nSPS) is 18.1. The van der Waals surface area contributed by atoms with E-state index in [4.69, 9.17) is 4.74 Å². The van der Waals surface area contributed by atoms with Crippen molar-refractivity contribution in [3.63, 3.8) is 0 Å². The van der Waals surface area contributed by atoms with E-state index in [0.29, 0.717) is 31.2 Å². The molecule has 1 saturated heterocycles. The third kappa shape index (κ3) is 5.96. The molecule has 0 spiro atoms. The van der Waals surface area contributed by atoms with Crippen molar-refractivity contribution in [2.24, 2.45) is 4.99 Å². The molecule has 2 unspecified atom stereocenters. The summed E-state index contributed by atoms with van der Waals surface area (Å²) in [4.78, 5) is 4.63. The summed E-state index contributed by atoms with van der Waals surface area (Å²) in [6.45, 7) is 6.55. The lowest BCUT2D eigenvalue weighted by Crippen LogP contribution is -2.41. The number of hydrogen-bond donors (Lipinski definition) is 2. The molecule has 2 N–H and O–H groups in total. The van der Waals surface area contributed by atoms with Gasteiger partial charge in [-0.2, -0.15) is 0 Å². The van der Waals surface area contributed by atoms with E-state index in [1.165, 1.54) is 6.07 Å². The summed E-state index contributed by atoms with van der Waals surface area (Å²) in [5.74, 6) is -0.190. The zero-order chi connectivity index (χ0) is 20.6. The molecule has 3 rings (SSSR count). The van der Waals surface area contributed by atoms with Gasteiger partial charge in [-0.3, -0.25) is 4.99 Å². The first-order chi connectivity index (χ1) is 14.1. The first kappa shape index (κ1) is 21.2. The van der Waals surface area contributed by atoms with Crippen LogP contribution in [0, 0.1) is 11.6 Å². The molecule has 1 fully saturated rings. The van der Waals surface area contributed by atoms with Gasteiger partial charge in [0.25, 0.3) is 0 Å². The molecule has 2 aromatic rings. The molecule has 7 nitrogen and oxygen atoms in total. The predicted molar refractivity (Wildman–Crippen MR) is 107 cm³/mol. The Hall–Kier alpha value is -2.55. The van der Waals surface area contributed by atoms with E-state index in [2.05, 4.69) is 25.8 Å². The Kier molecular flexibility index (Phi) is 7.51. The molecule has 2 atom stereocenters. The molecule has 0 amide bonds. The summed E-state index contributed by atoms with van der Waals surface area (Å²) in [6.07, 6.45) is 4.69. The SMILES string of the molecule is CCc1nncn1CCNC(=NCC1CCCO1)NC(C)c1ccc(F)c(F)c1. The summed E-state index contributed by atoms with van der Waals surface area (Å²) in [5.41, 5.74) is 0.641. The van der Waals surface area contributed by atoms with Crippen molar-refractivity contribution < 1.29 is 13.5 Å². The standard InChI is InChI=1S/C20H28F2N6O/c1-3-19-27-25-13-28(19)9-8-23-20(24-12-16-5-4-10-29-16)26-14(2)15-6-7-17(21)18(22)11-15/h6-7,11,13-14,16H,3-5,8-10,12H2,1-2H3,(H2,23,24,26). The van der Waals surface area contributed by atoms with Gasteiger partial charge in [0.05, 0.1) is 18.7 Å². The van der Waals surface area contributed by atoms with Crippen LogP contribution in [0.2, 0.25) is 0 Å². The third-order valence-electron chi connectivity index (χ3n) is 4.93. The molecule has 1 aliphatic heterocycles. The maximum Gasteiger partial charge on any atom is 0.191 e. The van der Waals surface area contributed by atoms with Gasteiger partial charge in [0.1, 0.15) is 12.2 Å². The highest BCUT2D eigenvalue weighted by Gasteiger charge is 2.16. The van der Waals surface area contributed by atoms with E-state index < -0.39 is 11.6 Å². The van der Waals surface area contributed by atoms with Crippen LogP contribution in [-0.4, -0.2) is 46.5 Å². The van der Waals surface area contributed by atoms with Crippen molar-refractivity contribution in [2.75, 3.05) is 19.7 Å². The number of nitrogens with one attached hydrogen (secondary N) is 2. The van der Waals surface area contributed by atoms with Gasteiger partial charge < -0.3 is 19.9 Å². The van der Waals surface area contributed by atoms with Gasteiger partial charge in [0, 0.05) is 26.1 Å². The van der Waals surface area contributed by atoms with Gasteiger partial charge >= 0.3 is 0 Å². The van der Waals surface area contributed by atoms with E-state index >= 15 is 0 Å². The Bertz CT molecular complexity index is 819. The number of guanidine groups is 1. The number of nitrogens with zero attached hydrogens (tertiary/aromatic N) is 4. The molecule has 0 radical (unpaired) electrons. The second-order valence-electron chi connectivity index (χ2n) is 7.08. The number of aliphatic imine (C=N–C) groups is 1. The fraction of sp³-hybridized carbons (Fsp3) is 0.550. The average Bonchev–Trinajstić information content (AvgIpc) is 3.39. The Morgan fingerprint density at radius 1 is 1.38 bits per heavy atom. The fourth-order valence-corrected chi connectivity index (χ4v) is 3.24. The second-order valence-corrected chi connectivity index (χ2v) is 7.08. The number of ether oxygens (including phenoxy) is 1. The van der Waals surface area contributed by atoms with Crippen LogP contribution in [0.1, 0.15) is 44.1 Å². The highest BCUT2D eigenvalue weighted by Crippen LogP contribution is 2.16. The molecule has 158 valence electrons. The third-order valence-corrected chi connectivity index (χ3v) is 4.93. The van der Waals surface area contributed by atoms with Crippen LogP contribution in [-0.2, 0) is 17.7 Å². The lowest BCUT2D eigenvalue weighted by Gasteiger charge is -2.20. The predicted octanol–water partition coefficient (Wildman–Crippen LogP) is 2.59. The van der Waals surface area contributed by atoms with Crippen LogP contribution >= 0.6 is 0 Å². The molecule has 29 heavy (non-hydrogen) atoms. The van der Waals surface area contributed by atoms with Gasteiger partial charge in [0.2, 0.25) is 0 Å². The Balaban J connectivity index is 1.63. The first-order valence-electron chi connectivity index (χ1n) is 10.0. The maximum atomic E-state index is 13.6. The van der Waals surface area contributed by atoms with Gasteiger partial charge in [-0.25, -0.2) is 8.78 Å². The van der Waals surface area contributed by atoms with Crippen LogP contribution in [0.4, 0.5) is 8.78 Å². The van der Waals surface area contributed by atoms with Crippen LogP contribution < -0.4 is 10.6 Å². The van der Waals surface area contributed by atoms with Crippen molar-refractivity contribution in [3.05, 3.63) is 47.5 Å². The summed E-state index contributed by atoms with van der Waals surface area (Å²) >= 11 is 0. The topological polar surface area (TPSA) is 76.4 Å². The maximum absolute atomic E-state index is 13.6. The molecule has 1 aromatic heterocycles. The highest BCUT2D eigenvalue weighted by atomic mass is 19.2. The molecule has 0 aliphatic carbocycles. The lowest BCUT2D eigenvalue weighted by atomic mass is 10.1. The zero-order valence-electron chi connectivity index (χ0n) is 16.9. The number of benzene rings is 1. The quantitative estimate of drug-likeness (QED) is 0.521. The molecule has 2 heterocycles. The summed E-state index contributed by atoms with van der Waals surface area (Å²) in [5, 5.41) is 14.6. The van der Waals surface area contributed by atoms with Gasteiger partial charge in [-0.15, -0.1) is 10.2 Å². The summed E-state index contributed by atoms with van der Waals surface area (Å²) in [6, 6.07) is 3.66. The van der Waals surface area contributed by atoms with E-state index in [0.717, 1.165) is 37.8 Å². The van der Waals surface area contributed by atoms with Gasteiger partial charge in [-0.1, -0.05) is 13.0 Å². The number of rotatable bonds is 8.